The van der Waals surface area contributed by atoms with Crippen molar-refractivity contribution in [2.75, 3.05) is 6.61 Å². The maximum absolute atomic E-state index is 13.8. The molecule has 1 aliphatic heterocycles. The van der Waals surface area contributed by atoms with Gasteiger partial charge < -0.3 is 20.1 Å². The summed E-state index contributed by atoms with van der Waals surface area (Å²) < 4.78 is 18.8. The van der Waals surface area contributed by atoms with Gasteiger partial charge in [0, 0.05) is 12.4 Å². The number of hydrogen-bond donors (Lipinski definition) is 3. The lowest BCUT2D eigenvalue weighted by Gasteiger charge is -2.20. The average Bonchev–Trinajstić information content (AvgIpc) is 2.52. The van der Waals surface area contributed by atoms with Crippen molar-refractivity contribution in [3.63, 3.8) is 0 Å². The lowest BCUT2D eigenvalue weighted by Crippen LogP contribution is -2.42. The molecule has 1 aliphatic rings. The standard InChI is InChI=1S/C9H11FN2O4/c10-9(15)6(14)5(4-13)16-7(9)8-11-2-1-3-12-8/h1-3,5-7,13-15H,4H2/t5-,6-,7?,9+/m1/s1. The second-order valence-corrected chi connectivity index (χ2v) is 3.52. The Morgan fingerprint density at radius 2 is 2.06 bits per heavy atom. The molecule has 0 amide bonds. The number of nitrogens with zero attached hydrogens (tertiary/aromatic N) is 2. The molecule has 6 nitrogen and oxygen atoms in total. The van der Waals surface area contributed by atoms with Crippen LogP contribution in [0, 0.1) is 0 Å². The minimum absolute atomic E-state index is 0.0810. The molecule has 4 atom stereocenters. The summed E-state index contributed by atoms with van der Waals surface area (Å²) in [5.41, 5.74) is 0. The average molecular weight is 230 g/mol. The van der Waals surface area contributed by atoms with E-state index in [0.29, 0.717) is 0 Å². The first kappa shape index (κ1) is 11.3. The van der Waals surface area contributed by atoms with Crippen LogP contribution >= 0.6 is 0 Å². The van der Waals surface area contributed by atoms with Crippen molar-refractivity contribution < 1.29 is 24.4 Å². The molecule has 0 aromatic carbocycles. The summed E-state index contributed by atoms with van der Waals surface area (Å²) in [6.07, 6.45) is -1.79. The Labute approximate surface area is 90.4 Å². The number of aliphatic hydroxyl groups excluding tert-OH is 2. The van der Waals surface area contributed by atoms with E-state index in [1.165, 1.54) is 18.5 Å². The molecule has 3 N–H and O–H groups in total. The van der Waals surface area contributed by atoms with Crippen LogP contribution in [-0.2, 0) is 4.74 Å². The van der Waals surface area contributed by atoms with E-state index in [9.17, 15) is 14.6 Å². The largest absolute Gasteiger partial charge is 0.394 e. The van der Waals surface area contributed by atoms with Gasteiger partial charge in [0.05, 0.1) is 6.61 Å². The predicted octanol–water partition coefficient (Wildman–Crippen LogP) is -1.07. The summed E-state index contributed by atoms with van der Waals surface area (Å²) in [7, 11) is 0. The van der Waals surface area contributed by atoms with Crippen molar-refractivity contribution in [1.82, 2.24) is 9.97 Å². The first-order valence-electron chi connectivity index (χ1n) is 4.70. The smallest absolute Gasteiger partial charge is 0.269 e. The molecular formula is C9H11FN2O4. The highest BCUT2D eigenvalue weighted by Gasteiger charge is 2.57. The molecule has 0 radical (unpaired) electrons. The molecule has 0 bridgehead atoms. The van der Waals surface area contributed by atoms with Crippen LogP contribution < -0.4 is 0 Å². The zero-order valence-corrected chi connectivity index (χ0v) is 8.19. The highest BCUT2D eigenvalue weighted by atomic mass is 19.2. The van der Waals surface area contributed by atoms with Gasteiger partial charge in [0.25, 0.3) is 5.85 Å². The third-order valence-corrected chi connectivity index (χ3v) is 2.45. The van der Waals surface area contributed by atoms with E-state index in [1.807, 2.05) is 0 Å². The van der Waals surface area contributed by atoms with Gasteiger partial charge in [0.1, 0.15) is 12.2 Å². The second kappa shape index (κ2) is 4.02. The van der Waals surface area contributed by atoms with Gasteiger partial charge in [-0.2, -0.15) is 0 Å². The van der Waals surface area contributed by atoms with Gasteiger partial charge >= 0.3 is 0 Å². The Balaban J connectivity index is 2.30. The first-order valence-corrected chi connectivity index (χ1v) is 4.70. The summed E-state index contributed by atoms with van der Waals surface area (Å²) >= 11 is 0. The van der Waals surface area contributed by atoms with Crippen LogP contribution in [0.15, 0.2) is 18.5 Å². The summed E-state index contributed by atoms with van der Waals surface area (Å²) in [6.45, 7) is -0.600. The van der Waals surface area contributed by atoms with Gasteiger partial charge in [-0.25, -0.2) is 14.4 Å². The number of aliphatic hydroxyl groups is 3. The maximum atomic E-state index is 13.8. The fourth-order valence-corrected chi connectivity index (χ4v) is 1.59. The van der Waals surface area contributed by atoms with Gasteiger partial charge in [-0.15, -0.1) is 0 Å². The molecular weight excluding hydrogens is 219 g/mol. The van der Waals surface area contributed by atoms with Crippen LogP contribution in [0.2, 0.25) is 0 Å². The van der Waals surface area contributed by atoms with Crippen molar-refractivity contribution in [2.24, 2.45) is 0 Å². The Kier molecular flexibility index (Phi) is 2.85. The van der Waals surface area contributed by atoms with Crippen molar-refractivity contribution in [3.8, 4) is 0 Å². The maximum Gasteiger partial charge on any atom is 0.269 e. The fraction of sp³-hybridized carbons (Fsp3) is 0.556. The molecule has 2 heterocycles. The number of halogens is 1. The summed E-state index contributed by atoms with van der Waals surface area (Å²) in [6, 6.07) is 1.52. The Hall–Kier alpha value is -1.15. The lowest BCUT2D eigenvalue weighted by molar-refractivity contribution is -0.177. The third kappa shape index (κ3) is 1.67. The molecule has 7 heteroatoms. The summed E-state index contributed by atoms with van der Waals surface area (Å²) in [4.78, 5) is 7.46. The van der Waals surface area contributed by atoms with Crippen molar-refractivity contribution in [1.29, 1.82) is 0 Å². The predicted molar refractivity (Wildman–Crippen MR) is 48.8 cm³/mol. The third-order valence-electron chi connectivity index (χ3n) is 2.45. The SMILES string of the molecule is OC[C@H]1OC(c2ncccn2)[C@](O)(F)[C@@H]1O. The van der Waals surface area contributed by atoms with Crippen molar-refractivity contribution in [2.45, 2.75) is 24.2 Å². The van der Waals surface area contributed by atoms with Gasteiger partial charge in [0.2, 0.25) is 0 Å². The van der Waals surface area contributed by atoms with E-state index >= 15 is 0 Å². The van der Waals surface area contributed by atoms with Crippen LogP contribution in [0.1, 0.15) is 11.9 Å². The van der Waals surface area contributed by atoms with Crippen LogP contribution in [0.4, 0.5) is 4.39 Å². The van der Waals surface area contributed by atoms with Gasteiger partial charge in [-0.1, -0.05) is 0 Å². The molecule has 1 aromatic rings. The van der Waals surface area contributed by atoms with E-state index in [1.54, 1.807) is 0 Å². The number of ether oxygens (including phenoxy) is 1. The van der Waals surface area contributed by atoms with Crippen LogP contribution in [0.5, 0.6) is 0 Å². The van der Waals surface area contributed by atoms with Gasteiger partial charge in [0.15, 0.2) is 11.9 Å². The topological polar surface area (TPSA) is 95.7 Å². The molecule has 1 saturated heterocycles. The quantitative estimate of drug-likeness (QED) is 0.598. The normalized spacial score (nSPS) is 38.9. The van der Waals surface area contributed by atoms with Crippen molar-refractivity contribution >= 4 is 0 Å². The lowest BCUT2D eigenvalue weighted by atomic mass is 10.1. The molecule has 0 spiro atoms. The minimum atomic E-state index is -3.01. The molecule has 1 unspecified atom stereocenters. The summed E-state index contributed by atoms with van der Waals surface area (Å²) in [5.74, 6) is -3.09. The zero-order valence-electron chi connectivity index (χ0n) is 8.19. The van der Waals surface area contributed by atoms with E-state index in [2.05, 4.69) is 9.97 Å². The fourth-order valence-electron chi connectivity index (χ4n) is 1.59. The van der Waals surface area contributed by atoms with Crippen LogP contribution in [0.25, 0.3) is 0 Å². The first-order chi connectivity index (χ1) is 7.57. The number of alkyl halides is 1. The highest BCUT2D eigenvalue weighted by molar-refractivity contribution is 5.06. The summed E-state index contributed by atoms with van der Waals surface area (Å²) in [5, 5.41) is 27.7. The van der Waals surface area contributed by atoms with E-state index in [0.717, 1.165) is 0 Å². The van der Waals surface area contributed by atoms with Gasteiger partial charge in [-0.3, -0.25) is 0 Å². The molecule has 0 aliphatic carbocycles. The molecule has 88 valence electrons. The molecule has 1 fully saturated rings. The van der Waals surface area contributed by atoms with E-state index in [-0.39, 0.29) is 5.82 Å². The number of hydrogen-bond acceptors (Lipinski definition) is 6. The zero-order chi connectivity index (χ0) is 11.8. The molecule has 1 aromatic heterocycles. The second-order valence-electron chi connectivity index (χ2n) is 3.52. The Bertz CT molecular complexity index is 362. The Morgan fingerprint density at radius 1 is 1.44 bits per heavy atom. The number of aromatic nitrogens is 2. The van der Waals surface area contributed by atoms with Crippen LogP contribution in [0.3, 0.4) is 0 Å². The van der Waals surface area contributed by atoms with E-state index < -0.39 is 30.8 Å². The highest BCUT2D eigenvalue weighted by Crippen LogP contribution is 2.41. The minimum Gasteiger partial charge on any atom is -0.394 e. The molecule has 0 saturated carbocycles. The Morgan fingerprint density at radius 3 is 2.56 bits per heavy atom. The van der Waals surface area contributed by atoms with Crippen molar-refractivity contribution in [3.05, 3.63) is 24.3 Å². The van der Waals surface area contributed by atoms with Crippen LogP contribution in [-0.4, -0.2) is 50.0 Å². The number of rotatable bonds is 2. The van der Waals surface area contributed by atoms with Gasteiger partial charge in [-0.05, 0) is 6.07 Å². The molecule has 2 rings (SSSR count). The van der Waals surface area contributed by atoms with E-state index in [4.69, 9.17) is 9.84 Å². The molecule has 16 heavy (non-hydrogen) atoms. The monoisotopic (exact) mass is 230 g/mol.